The first-order chi connectivity index (χ1) is 10.9. The number of nitrogens with one attached hydrogen (secondary N) is 1. The minimum absolute atomic E-state index is 0.0442. The Bertz CT molecular complexity index is 691. The molecule has 2 rings (SSSR count). The van der Waals surface area contributed by atoms with Crippen LogP contribution in [-0.4, -0.2) is 20.3 Å². The molecule has 0 radical (unpaired) electrons. The Kier molecular flexibility index (Phi) is 5.45. The van der Waals surface area contributed by atoms with Crippen LogP contribution in [0.25, 0.3) is 0 Å². The number of rotatable bonds is 4. The van der Waals surface area contributed by atoms with Gasteiger partial charge in [-0.1, -0.05) is 17.7 Å². The highest BCUT2D eigenvalue weighted by molar-refractivity contribution is 6.30. The Balaban J connectivity index is 2.08. The van der Waals surface area contributed by atoms with Gasteiger partial charge in [0.15, 0.2) is 0 Å². The van der Waals surface area contributed by atoms with Gasteiger partial charge >= 0.3 is 6.09 Å². The maximum Gasteiger partial charge on any atom is 0.413 e. The summed E-state index contributed by atoms with van der Waals surface area (Å²) in [6.45, 7) is 1.96. The van der Waals surface area contributed by atoms with Gasteiger partial charge in [-0.05, 0) is 48.9 Å². The van der Waals surface area contributed by atoms with Gasteiger partial charge in [0, 0.05) is 24.5 Å². The highest BCUT2D eigenvalue weighted by atomic mass is 35.5. The van der Waals surface area contributed by atoms with Crippen LogP contribution in [0, 0.1) is 5.82 Å². The van der Waals surface area contributed by atoms with E-state index in [0.29, 0.717) is 0 Å². The highest BCUT2D eigenvalue weighted by Gasteiger charge is 2.11. The van der Waals surface area contributed by atoms with E-state index < -0.39 is 11.9 Å². The maximum atomic E-state index is 13.2. The first kappa shape index (κ1) is 17.1. The highest BCUT2D eigenvalue weighted by Crippen LogP contribution is 2.25. The summed E-state index contributed by atoms with van der Waals surface area (Å²) < 4.78 is 17.9. The van der Waals surface area contributed by atoms with Gasteiger partial charge in [0.25, 0.3) is 0 Å². The molecular weight excluding hydrogens is 319 g/mol. The van der Waals surface area contributed by atoms with Crippen LogP contribution in [0.3, 0.4) is 0 Å². The van der Waals surface area contributed by atoms with Crippen molar-refractivity contribution in [1.82, 2.24) is 0 Å². The van der Waals surface area contributed by atoms with Gasteiger partial charge in [0.05, 0.1) is 12.1 Å². The molecule has 0 unspecified atom stereocenters. The Morgan fingerprint density at radius 2 is 1.91 bits per heavy atom. The van der Waals surface area contributed by atoms with Crippen molar-refractivity contribution in [3.05, 3.63) is 58.9 Å². The minimum atomic E-state index is -0.433. The molecule has 0 saturated carbocycles. The van der Waals surface area contributed by atoms with Crippen molar-refractivity contribution in [2.75, 3.05) is 24.4 Å². The zero-order valence-electron chi connectivity index (χ0n) is 13.1. The van der Waals surface area contributed by atoms with Crippen LogP contribution in [-0.2, 0) is 4.74 Å². The lowest BCUT2D eigenvalue weighted by Gasteiger charge is -2.18. The molecule has 0 spiro atoms. The lowest BCUT2D eigenvalue weighted by molar-refractivity contribution is 0.180. The molecule has 23 heavy (non-hydrogen) atoms. The fourth-order valence-electron chi connectivity index (χ4n) is 2.14. The second-order valence-corrected chi connectivity index (χ2v) is 5.52. The molecule has 122 valence electrons. The van der Waals surface area contributed by atoms with E-state index in [1.165, 1.54) is 18.1 Å². The average Bonchev–Trinajstić information content (AvgIpc) is 2.56. The van der Waals surface area contributed by atoms with Crippen LogP contribution in [0.5, 0.6) is 0 Å². The van der Waals surface area contributed by atoms with E-state index in [4.69, 9.17) is 11.6 Å². The fraction of sp³-hybridized carbons (Fsp3) is 0.235. The number of carbonyl (C=O) groups excluding carboxylic acids is 1. The summed E-state index contributed by atoms with van der Waals surface area (Å²) in [5, 5.41) is 3.40. The number of amides is 1. The zero-order valence-corrected chi connectivity index (χ0v) is 13.9. The van der Waals surface area contributed by atoms with Gasteiger partial charge in [-0.3, -0.25) is 4.90 Å². The SMILES string of the molecule is COC(=O)N(C)c1ccc(N[C@@H](C)c2ccc(F)c(Cl)c2)cc1. The van der Waals surface area contributed by atoms with Crippen molar-refractivity contribution in [2.24, 2.45) is 0 Å². The summed E-state index contributed by atoms with van der Waals surface area (Å²) in [6, 6.07) is 11.9. The van der Waals surface area contributed by atoms with Crippen molar-refractivity contribution in [3.63, 3.8) is 0 Å². The number of anilines is 2. The summed E-state index contributed by atoms with van der Waals surface area (Å²) in [6.07, 6.45) is -0.431. The molecule has 4 nitrogen and oxygen atoms in total. The fourth-order valence-corrected chi connectivity index (χ4v) is 2.33. The Morgan fingerprint density at radius 1 is 1.26 bits per heavy atom. The number of methoxy groups -OCH3 is 1. The van der Waals surface area contributed by atoms with Crippen LogP contribution >= 0.6 is 11.6 Å². The Morgan fingerprint density at radius 3 is 2.48 bits per heavy atom. The van der Waals surface area contributed by atoms with E-state index in [9.17, 15) is 9.18 Å². The molecule has 1 N–H and O–H groups in total. The summed E-state index contributed by atoms with van der Waals surface area (Å²) in [4.78, 5) is 12.9. The molecule has 0 aliphatic rings. The number of ether oxygens (including phenoxy) is 1. The van der Waals surface area contributed by atoms with Crippen LogP contribution in [0.15, 0.2) is 42.5 Å². The normalized spacial score (nSPS) is 11.7. The first-order valence-electron chi connectivity index (χ1n) is 7.05. The molecule has 0 bridgehead atoms. The van der Waals surface area contributed by atoms with Crippen molar-refractivity contribution in [1.29, 1.82) is 0 Å². The molecule has 2 aromatic rings. The number of carbonyl (C=O) groups is 1. The zero-order chi connectivity index (χ0) is 17.0. The van der Waals surface area contributed by atoms with Gasteiger partial charge in [-0.25, -0.2) is 9.18 Å². The lowest BCUT2D eigenvalue weighted by atomic mass is 10.1. The molecule has 1 atom stereocenters. The second kappa shape index (κ2) is 7.33. The quantitative estimate of drug-likeness (QED) is 0.867. The van der Waals surface area contributed by atoms with E-state index in [0.717, 1.165) is 16.9 Å². The summed E-state index contributed by atoms with van der Waals surface area (Å²) in [7, 11) is 2.97. The van der Waals surface area contributed by atoms with Crippen molar-refractivity contribution in [3.8, 4) is 0 Å². The van der Waals surface area contributed by atoms with Gasteiger partial charge < -0.3 is 10.1 Å². The molecule has 0 heterocycles. The van der Waals surface area contributed by atoms with E-state index in [-0.39, 0.29) is 11.1 Å². The van der Waals surface area contributed by atoms with Gasteiger partial charge in [-0.15, -0.1) is 0 Å². The number of hydrogen-bond acceptors (Lipinski definition) is 3. The van der Waals surface area contributed by atoms with Crippen molar-refractivity contribution < 1.29 is 13.9 Å². The third-order valence-electron chi connectivity index (χ3n) is 3.53. The van der Waals surface area contributed by atoms with E-state index in [2.05, 4.69) is 10.1 Å². The van der Waals surface area contributed by atoms with Gasteiger partial charge in [0.1, 0.15) is 5.82 Å². The van der Waals surface area contributed by atoms with Gasteiger partial charge in [-0.2, -0.15) is 0 Å². The molecule has 0 fully saturated rings. The van der Waals surface area contributed by atoms with E-state index in [1.807, 2.05) is 31.2 Å². The largest absolute Gasteiger partial charge is 0.452 e. The van der Waals surface area contributed by atoms with Crippen molar-refractivity contribution >= 4 is 29.1 Å². The minimum Gasteiger partial charge on any atom is -0.452 e. The predicted molar refractivity (Wildman–Crippen MR) is 90.7 cm³/mol. The summed E-state index contributed by atoms with van der Waals surface area (Å²) >= 11 is 5.81. The Labute approximate surface area is 139 Å². The maximum absolute atomic E-state index is 13.2. The molecule has 0 aromatic heterocycles. The summed E-state index contributed by atoms with van der Waals surface area (Å²) in [5.41, 5.74) is 2.48. The van der Waals surface area contributed by atoms with Gasteiger partial charge in [0.2, 0.25) is 0 Å². The summed E-state index contributed by atoms with van der Waals surface area (Å²) in [5.74, 6) is -0.433. The lowest BCUT2D eigenvalue weighted by Crippen LogP contribution is -2.25. The molecule has 0 aliphatic carbocycles. The topological polar surface area (TPSA) is 41.6 Å². The third kappa shape index (κ3) is 4.13. The third-order valence-corrected chi connectivity index (χ3v) is 3.82. The number of nitrogens with zero attached hydrogens (tertiary/aromatic N) is 1. The molecule has 1 amide bonds. The van der Waals surface area contributed by atoms with Crippen LogP contribution in [0.4, 0.5) is 20.6 Å². The van der Waals surface area contributed by atoms with Crippen LogP contribution in [0.1, 0.15) is 18.5 Å². The predicted octanol–water partition coefficient (Wildman–Crippen LogP) is 4.85. The molecule has 2 aromatic carbocycles. The molecule has 0 aliphatic heterocycles. The monoisotopic (exact) mass is 336 g/mol. The number of benzene rings is 2. The van der Waals surface area contributed by atoms with E-state index >= 15 is 0 Å². The molecular formula is C17H18ClFN2O2. The first-order valence-corrected chi connectivity index (χ1v) is 7.43. The van der Waals surface area contributed by atoms with Crippen LogP contribution in [0.2, 0.25) is 5.02 Å². The number of hydrogen-bond donors (Lipinski definition) is 1. The molecule has 0 saturated heterocycles. The standard InChI is InChI=1S/C17H18ClFN2O2/c1-11(12-4-9-16(19)15(18)10-12)20-13-5-7-14(8-6-13)21(2)17(22)23-3/h4-11,20H,1-3H3/t11-/m0/s1. The van der Waals surface area contributed by atoms with Crippen LogP contribution < -0.4 is 10.2 Å². The molecule has 6 heteroatoms. The van der Waals surface area contributed by atoms with E-state index in [1.54, 1.807) is 19.2 Å². The second-order valence-electron chi connectivity index (χ2n) is 5.12. The average molecular weight is 337 g/mol. The Hall–Kier alpha value is -2.27. The smallest absolute Gasteiger partial charge is 0.413 e. The number of halogens is 2. The van der Waals surface area contributed by atoms with Crippen molar-refractivity contribution in [2.45, 2.75) is 13.0 Å².